The second-order valence-electron chi connectivity index (χ2n) is 5.14. The van der Waals surface area contributed by atoms with Gasteiger partial charge in [-0.1, -0.05) is 34.1 Å². The molecule has 1 heterocycles. The topological polar surface area (TPSA) is 75.2 Å². The van der Waals surface area contributed by atoms with Gasteiger partial charge >= 0.3 is 0 Å². The number of hydrogen-bond donors (Lipinski definition) is 1. The maximum absolute atomic E-state index is 12.6. The quantitative estimate of drug-likeness (QED) is 0.757. The molecule has 1 aromatic rings. The standard InChI is InChI=1S/C14H26N4O2S/c1-5-8-15-14-16-9-13(10-17-14)21(19,20)18(7-3)11-12(4)6-2/h9-10,12H,5-8,11H2,1-4H3,(H,15,16,17). The van der Waals surface area contributed by atoms with E-state index in [0.29, 0.717) is 25.0 Å². The van der Waals surface area contributed by atoms with Crippen LogP contribution in [-0.4, -0.2) is 42.3 Å². The molecule has 1 atom stereocenters. The van der Waals surface area contributed by atoms with Gasteiger partial charge in [0.25, 0.3) is 0 Å². The third-order valence-corrected chi connectivity index (χ3v) is 5.26. The van der Waals surface area contributed by atoms with Crippen molar-refractivity contribution >= 4 is 16.0 Å². The Bertz CT molecular complexity index is 516. The van der Waals surface area contributed by atoms with E-state index < -0.39 is 10.0 Å². The fourth-order valence-corrected chi connectivity index (χ4v) is 3.26. The first-order valence-electron chi connectivity index (χ1n) is 7.51. The molecular weight excluding hydrogens is 288 g/mol. The van der Waals surface area contributed by atoms with Crippen molar-refractivity contribution in [2.24, 2.45) is 5.92 Å². The lowest BCUT2D eigenvalue weighted by atomic mass is 10.1. The van der Waals surface area contributed by atoms with Crippen molar-refractivity contribution in [3.05, 3.63) is 12.4 Å². The smallest absolute Gasteiger partial charge is 0.246 e. The van der Waals surface area contributed by atoms with E-state index in [-0.39, 0.29) is 4.90 Å². The Morgan fingerprint density at radius 2 is 1.86 bits per heavy atom. The van der Waals surface area contributed by atoms with E-state index in [0.717, 1.165) is 19.4 Å². The molecule has 0 fully saturated rings. The molecular formula is C14H26N4O2S. The van der Waals surface area contributed by atoms with Gasteiger partial charge in [-0.25, -0.2) is 18.4 Å². The van der Waals surface area contributed by atoms with Crippen LogP contribution in [0.4, 0.5) is 5.95 Å². The Morgan fingerprint density at radius 1 is 1.24 bits per heavy atom. The van der Waals surface area contributed by atoms with Gasteiger partial charge in [0.2, 0.25) is 16.0 Å². The van der Waals surface area contributed by atoms with Crippen LogP contribution in [-0.2, 0) is 10.0 Å². The van der Waals surface area contributed by atoms with Crippen LogP contribution in [0.25, 0.3) is 0 Å². The summed E-state index contributed by atoms with van der Waals surface area (Å²) in [5.41, 5.74) is 0. The zero-order valence-electron chi connectivity index (χ0n) is 13.3. The van der Waals surface area contributed by atoms with Crippen molar-refractivity contribution in [1.29, 1.82) is 0 Å². The number of anilines is 1. The minimum absolute atomic E-state index is 0.148. The first-order chi connectivity index (χ1) is 9.95. The van der Waals surface area contributed by atoms with Crippen LogP contribution in [0.1, 0.15) is 40.5 Å². The molecule has 0 saturated carbocycles. The Balaban J connectivity index is 2.89. The molecule has 1 rings (SSSR count). The maximum Gasteiger partial charge on any atom is 0.246 e. The van der Waals surface area contributed by atoms with Crippen LogP contribution in [0.3, 0.4) is 0 Å². The zero-order chi connectivity index (χ0) is 15.9. The Morgan fingerprint density at radius 3 is 2.33 bits per heavy atom. The number of aromatic nitrogens is 2. The third-order valence-electron chi connectivity index (χ3n) is 3.36. The van der Waals surface area contributed by atoms with Gasteiger partial charge in [0.15, 0.2) is 0 Å². The molecule has 0 aliphatic rings. The van der Waals surface area contributed by atoms with E-state index >= 15 is 0 Å². The van der Waals surface area contributed by atoms with E-state index in [1.165, 1.54) is 16.7 Å². The predicted octanol–water partition coefficient (Wildman–Crippen LogP) is 2.36. The van der Waals surface area contributed by atoms with Crippen LogP contribution in [0.5, 0.6) is 0 Å². The molecule has 0 spiro atoms. The third kappa shape index (κ3) is 4.93. The summed E-state index contributed by atoms with van der Waals surface area (Å²) < 4.78 is 26.6. The van der Waals surface area contributed by atoms with E-state index in [9.17, 15) is 8.42 Å². The van der Waals surface area contributed by atoms with Crippen molar-refractivity contribution < 1.29 is 8.42 Å². The second-order valence-corrected chi connectivity index (χ2v) is 7.08. The molecule has 0 aliphatic heterocycles. The lowest BCUT2D eigenvalue weighted by Gasteiger charge is -2.23. The molecule has 1 unspecified atom stereocenters. The summed E-state index contributed by atoms with van der Waals surface area (Å²) in [6, 6.07) is 0. The summed E-state index contributed by atoms with van der Waals surface area (Å²) in [4.78, 5) is 8.29. The van der Waals surface area contributed by atoms with E-state index in [1.54, 1.807) is 0 Å². The monoisotopic (exact) mass is 314 g/mol. The Kier molecular flexibility index (Phi) is 7.04. The average Bonchev–Trinajstić information content (AvgIpc) is 2.50. The van der Waals surface area contributed by atoms with E-state index in [4.69, 9.17) is 0 Å². The minimum atomic E-state index is -3.51. The number of rotatable bonds is 9. The highest BCUT2D eigenvalue weighted by Gasteiger charge is 2.25. The number of nitrogens with zero attached hydrogens (tertiary/aromatic N) is 3. The lowest BCUT2D eigenvalue weighted by molar-refractivity contribution is 0.361. The normalized spacial score (nSPS) is 13.4. The molecule has 21 heavy (non-hydrogen) atoms. The highest BCUT2D eigenvalue weighted by atomic mass is 32.2. The van der Waals surface area contributed by atoms with Gasteiger partial charge in [-0.15, -0.1) is 0 Å². The molecule has 0 amide bonds. The molecule has 0 saturated heterocycles. The van der Waals surface area contributed by atoms with Gasteiger partial charge in [-0.2, -0.15) is 4.31 Å². The fraction of sp³-hybridized carbons (Fsp3) is 0.714. The van der Waals surface area contributed by atoms with Crippen molar-refractivity contribution in [1.82, 2.24) is 14.3 Å². The SMILES string of the molecule is CCCNc1ncc(S(=O)(=O)N(CC)CC(C)CC)cn1. The number of sulfonamides is 1. The Labute approximate surface area is 128 Å². The van der Waals surface area contributed by atoms with Crippen LogP contribution in [0, 0.1) is 5.92 Å². The molecule has 0 aliphatic carbocycles. The molecule has 0 bridgehead atoms. The average molecular weight is 314 g/mol. The molecule has 0 aromatic carbocycles. The van der Waals surface area contributed by atoms with E-state index in [1.807, 2.05) is 20.8 Å². The van der Waals surface area contributed by atoms with Crippen LogP contribution in [0.2, 0.25) is 0 Å². The van der Waals surface area contributed by atoms with Crippen molar-refractivity contribution in [3.63, 3.8) is 0 Å². The summed E-state index contributed by atoms with van der Waals surface area (Å²) >= 11 is 0. The largest absolute Gasteiger partial charge is 0.354 e. The summed E-state index contributed by atoms with van der Waals surface area (Å²) in [6.45, 7) is 9.72. The summed E-state index contributed by atoms with van der Waals surface area (Å²) in [5.74, 6) is 0.784. The van der Waals surface area contributed by atoms with Crippen LogP contribution < -0.4 is 5.32 Å². The predicted molar refractivity (Wildman–Crippen MR) is 84.7 cm³/mol. The maximum atomic E-state index is 12.6. The first-order valence-corrected chi connectivity index (χ1v) is 8.95. The number of nitrogens with one attached hydrogen (secondary N) is 1. The van der Waals surface area contributed by atoms with Gasteiger partial charge < -0.3 is 5.32 Å². The van der Waals surface area contributed by atoms with Crippen LogP contribution >= 0.6 is 0 Å². The second kappa shape index (κ2) is 8.29. The number of hydrogen-bond acceptors (Lipinski definition) is 5. The molecule has 1 N–H and O–H groups in total. The zero-order valence-corrected chi connectivity index (χ0v) is 14.2. The van der Waals surface area contributed by atoms with Gasteiger partial charge in [0.05, 0.1) is 12.4 Å². The van der Waals surface area contributed by atoms with Crippen molar-refractivity contribution in [3.8, 4) is 0 Å². The molecule has 7 heteroatoms. The van der Waals surface area contributed by atoms with Crippen molar-refractivity contribution in [2.45, 2.75) is 45.4 Å². The van der Waals surface area contributed by atoms with Crippen molar-refractivity contribution in [2.75, 3.05) is 25.0 Å². The van der Waals surface area contributed by atoms with Crippen LogP contribution in [0.15, 0.2) is 17.3 Å². The summed E-state index contributed by atoms with van der Waals surface area (Å²) in [5, 5.41) is 3.03. The molecule has 120 valence electrons. The molecule has 0 radical (unpaired) electrons. The van der Waals surface area contributed by atoms with E-state index in [2.05, 4.69) is 22.2 Å². The van der Waals surface area contributed by atoms with Gasteiger partial charge in [0.1, 0.15) is 4.90 Å². The molecule has 6 nitrogen and oxygen atoms in total. The molecule has 1 aromatic heterocycles. The van der Waals surface area contributed by atoms with Gasteiger partial charge in [0, 0.05) is 19.6 Å². The highest BCUT2D eigenvalue weighted by Crippen LogP contribution is 2.17. The lowest BCUT2D eigenvalue weighted by Crippen LogP contribution is -2.34. The van der Waals surface area contributed by atoms with Gasteiger partial charge in [-0.3, -0.25) is 0 Å². The summed E-state index contributed by atoms with van der Waals surface area (Å²) in [7, 11) is -3.51. The summed E-state index contributed by atoms with van der Waals surface area (Å²) in [6.07, 6.45) is 4.66. The fourth-order valence-electron chi connectivity index (χ4n) is 1.80. The van der Waals surface area contributed by atoms with Gasteiger partial charge in [-0.05, 0) is 12.3 Å². The first kappa shape index (κ1) is 17.8. The Hall–Kier alpha value is -1.21. The minimum Gasteiger partial charge on any atom is -0.354 e. The highest BCUT2D eigenvalue weighted by molar-refractivity contribution is 7.89.